The average Bonchev–Trinajstić information content (AvgIpc) is 2.12. The Morgan fingerprint density at radius 1 is 1.88 bits per heavy atom. The van der Waals surface area contributed by atoms with Crippen LogP contribution in [0.5, 0.6) is 0 Å². The summed E-state index contributed by atoms with van der Waals surface area (Å²) in [6.07, 6.45) is 0.600. The van der Waals surface area contributed by atoms with Gasteiger partial charge in [-0.2, -0.15) is 5.10 Å². The Hall–Kier alpha value is -0.860. The van der Waals surface area contributed by atoms with Crippen LogP contribution in [0.25, 0.3) is 0 Å². The van der Waals surface area contributed by atoms with Gasteiger partial charge in [0.1, 0.15) is 6.17 Å². The third-order valence-electron chi connectivity index (χ3n) is 0.951. The van der Waals surface area contributed by atoms with Gasteiger partial charge < -0.3 is 0 Å². The summed E-state index contributed by atoms with van der Waals surface area (Å²) in [6, 6.07) is 1.62. The number of nitrogens with one attached hydrogen (secondary N) is 1. The fourth-order valence-electron chi connectivity index (χ4n) is 0.488. The molecule has 1 N–H and O–H groups in total. The molecular formula is C5H7FN2. The van der Waals surface area contributed by atoms with E-state index in [1.54, 1.807) is 6.07 Å². The molecule has 0 aliphatic rings. The fourth-order valence-corrected chi connectivity index (χ4v) is 0.488. The lowest BCUT2D eigenvalue weighted by atomic mass is 10.3. The fraction of sp³-hybridized carbons (Fsp3) is 0.400. The van der Waals surface area contributed by atoms with Crippen molar-refractivity contribution < 1.29 is 4.39 Å². The minimum Gasteiger partial charge on any atom is -0.280 e. The van der Waals surface area contributed by atoms with E-state index < -0.39 is 6.17 Å². The number of hydrogen-bond donors (Lipinski definition) is 1. The summed E-state index contributed by atoms with van der Waals surface area (Å²) in [4.78, 5) is 0. The third kappa shape index (κ3) is 0.857. The molecule has 0 fully saturated rings. The Labute approximate surface area is 46.7 Å². The van der Waals surface area contributed by atoms with Crippen molar-refractivity contribution >= 4 is 0 Å². The summed E-state index contributed by atoms with van der Waals surface area (Å²) in [5.74, 6) is 0. The first-order chi connectivity index (χ1) is 3.80. The summed E-state index contributed by atoms with van der Waals surface area (Å²) in [5.41, 5.74) is 0.532. The van der Waals surface area contributed by atoms with Crippen LogP contribution in [0.1, 0.15) is 18.8 Å². The molecule has 1 atom stereocenters. The first kappa shape index (κ1) is 5.28. The number of aromatic nitrogens is 2. The molecule has 0 aliphatic heterocycles. The molecule has 1 aromatic heterocycles. The summed E-state index contributed by atoms with van der Waals surface area (Å²) in [6.45, 7) is 1.47. The minimum atomic E-state index is -0.933. The molecule has 0 saturated heterocycles. The first-order valence-electron chi connectivity index (χ1n) is 2.44. The van der Waals surface area contributed by atoms with E-state index in [4.69, 9.17) is 0 Å². The van der Waals surface area contributed by atoms with Crippen molar-refractivity contribution in [3.05, 3.63) is 18.0 Å². The molecule has 0 saturated carbocycles. The molecule has 8 heavy (non-hydrogen) atoms. The Kier molecular flexibility index (Phi) is 1.28. The Morgan fingerprint density at radius 2 is 2.62 bits per heavy atom. The monoisotopic (exact) mass is 114 g/mol. The Bertz CT molecular complexity index is 145. The standard InChI is InChI=1S/C5H7FN2/c1-4(6)5-2-3-7-8-5/h2-4H,1H3,(H,7,8). The van der Waals surface area contributed by atoms with E-state index in [1.807, 2.05) is 0 Å². The van der Waals surface area contributed by atoms with Crippen LogP contribution in [0.3, 0.4) is 0 Å². The third-order valence-corrected chi connectivity index (χ3v) is 0.951. The molecule has 0 radical (unpaired) electrons. The molecule has 0 amide bonds. The van der Waals surface area contributed by atoms with Crippen LogP contribution >= 0.6 is 0 Å². The molecule has 0 bridgehead atoms. The van der Waals surface area contributed by atoms with Crippen molar-refractivity contribution in [2.75, 3.05) is 0 Å². The minimum absolute atomic E-state index is 0.532. The maximum Gasteiger partial charge on any atom is 0.139 e. The van der Waals surface area contributed by atoms with Crippen molar-refractivity contribution in [3.8, 4) is 0 Å². The topological polar surface area (TPSA) is 28.7 Å². The van der Waals surface area contributed by atoms with Crippen LogP contribution in [0.2, 0.25) is 0 Å². The van der Waals surface area contributed by atoms with Gasteiger partial charge in [-0.1, -0.05) is 0 Å². The molecule has 44 valence electrons. The van der Waals surface area contributed by atoms with Crippen LogP contribution in [-0.2, 0) is 0 Å². The number of H-pyrrole nitrogens is 1. The number of nitrogens with zero attached hydrogens (tertiary/aromatic N) is 1. The smallest absolute Gasteiger partial charge is 0.139 e. The van der Waals surface area contributed by atoms with E-state index >= 15 is 0 Å². The molecule has 3 heteroatoms. The quantitative estimate of drug-likeness (QED) is 0.588. The zero-order chi connectivity index (χ0) is 5.98. The largest absolute Gasteiger partial charge is 0.280 e. The van der Waals surface area contributed by atoms with Gasteiger partial charge in [0, 0.05) is 6.20 Å². The van der Waals surface area contributed by atoms with E-state index in [0.29, 0.717) is 5.69 Å². The van der Waals surface area contributed by atoms with Gasteiger partial charge in [0.25, 0.3) is 0 Å². The van der Waals surface area contributed by atoms with Crippen molar-refractivity contribution in [1.82, 2.24) is 10.2 Å². The van der Waals surface area contributed by atoms with Crippen LogP contribution in [0.15, 0.2) is 12.3 Å². The number of hydrogen-bond acceptors (Lipinski definition) is 1. The van der Waals surface area contributed by atoms with Gasteiger partial charge in [-0.15, -0.1) is 0 Å². The normalized spacial score (nSPS) is 13.8. The molecule has 1 unspecified atom stereocenters. The Balaban J connectivity index is 2.77. The van der Waals surface area contributed by atoms with Gasteiger partial charge in [-0.25, -0.2) is 4.39 Å². The van der Waals surface area contributed by atoms with E-state index in [0.717, 1.165) is 0 Å². The van der Waals surface area contributed by atoms with Gasteiger partial charge in [-0.05, 0) is 13.0 Å². The van der Waals surface area contributed by atoms with Crippen LogP contribution < -0.4 is 0 Å². The highest BCUT2D eigenvalue weighted by Crippen LogP contribution is 2.10. The Morgan fingerprint density at radius 3 is 2.88 bits per heavy atom. The summed E-state index contributed by atoms with van der Waals surface area (Å²) >= 11 is 0. The van der Waals surface area contributed by atoms with Crippen molar-refractivity contribution in [2.24, 2.45) is 0 Å². The summed E-state index contributed by atoms with van der Waals surface area (Å²) in [7, 11) is 0. The van der Waals surface area contributed by atoms with E-state index in [9.17, 15) is 4.39 Å². The SMILES string of the molecule is CC(F)c1ccn[nH]1. The van der Waals surface area contributed by atoms with E-state index in [1.165, 1.54) is 13.1 Å². The molecule has 1 aromatic rings. The van der Waals surface area contributed by atoms with Gasteiger partial charge in [0.05, 0.1) is 5.69 Å². The van der Waals surface area contributed by atoms with Crippen LogP contribution in [0, 0.1) is 0 Å². The van der Waals surface area contributed by atoms with Gasteiger partial charge in [0.15, 0.2) is 0 Å². The maximum absolute atomic E-state index is 12.2. The summed E-state index contributed by atoms with van der Waals surface area (Å²) < 4.78 is 12.2. The predicted molar refractivity (Wildman–Crippen MR) is 28.1 cm³/mol. The molecule has 2 nitrogen and oxygen atoms in total. The average molecular weight is 114 g/mol. The van der Waals surface area contributed by atoms with Crippen molar-refractivity contribution in [3.63, 3.8) is 0 Å². The first-order valence-corrected chi connectivity index (χ1v) is 2.44. The molecule has 1 rings (SSSR count). The number of rotatable bonds is 1. The maximum atomic E-state index is 12.2. The summed E-state index contributed by atoms with van der Waals surface area (Å²) in [5, 5.41) is 6.09. The van der Waals surface area contributed by atoms with Crippen LogP contribution in [0.4, 0.5) is 4.39 Å². The molecule has 1 heterocycles. The highest BCUT2D eigenvalue weighted by Gasteiger charge is 2.00. The lowest BCUT2D eigenvalue weighted by Gasteiger charge is -1.91. The lowest BCUT2D eigenvalue weighted by molar-refractivity contribution is 0.365. The van der Waals surface area contributed by atoms with Gasteiger partial charge >= 0.3 is 0 Å². The lowest BCUT2D eigenvalue weighted by Crippen LogP contribution is -1.83. The zero-order valence-corrected chi connectivity index (χ0v) is 4.56. The molecule has 0 spiro atoms. The second-order valence-corrected chi connectivity index (χ2v) is 1.63. The number of halogens is 1. The van der Waals surface area contributed by atoms with E-state index in [-0.39, 0.29) is 0 Å². The van der Waals surface area contributed by atoms with Crippen LogP contribution in [-0.4, -0.2) is 10.2 Å². The highest BCUT2D eigenvalue weighted by molar-refractivity contribution is 4.99. The van der Waals surface area contributed by atoms with Gasteiger partial charge in [0.2, 0.25) is 0 Å². The second-order valence-electron chi connectivity index (χ2n) is 1.63. The van der Waals surface area contributed by atoms with E-state index in [2.05, 4.69) is 10.2 Å². The zero-order valence-electron chi connectivity index (χ0n) is 4.56. The number of alkyl halides is 1. The van der Waals surface area contributed by atoms with Crippen molar-refractivity contribution in [2.45, 2.75) is 13.1 Å². The molecular weight excluding hydrogens is 107 g/mol. The molecule has 0 aromatic carbocycles. The van der Waals surface area contributed by atoms with Gasteiger partial charge in [-0.3, -0.25) is 5.10 Å². The molecule has 0 aliphatic carbocycles. The highest BCUT2D eigenvalue weighted by atomic mass is 19.1. The van der Waals surface area contributed by atoms with Crippen molar-refractivity contribution in [1.29, 1.82) is 0 Å². The predicted octanol–water partition coefficient (Wildman–Crippen LogP) is 1.44. The number of aromatic amines is 1. The second kappa shape index (κ2) is 1.94.